The lowest BCUT2D eigenvalue weighted by molar-refractivity contribution is 0.253. The molecule has 2 heterocycles. The van der Waals surface area contributed by atoms with Crippen molar-refractivity contribution in [2.24, 2.45) is 0 Å². The molecule has 14 heavy (non-hydrogen) atoms. The van der Waals surface area contributed by atoms with Crippen LogP contribution in [0.4, 0.5) is 5.82 Å². The molecule has 0 amide bonds. The average molecular weight is 191 g/mol. The quantitative estimate of drug-likeness (QED) is 0.731. The molecule has 0 bridgehead atoms. The maximum Gasteiger partial charge on any atom is 0.123 e. The standard InChI is InChI=1S/C11H17N3/c1-14-7-5-9(6-8-14)10-3-2-4-11(12)13-10/h2-4,9H,5-8H2,1H3,(H2,12,13). The lowest BCUT2D eigenvalue weighted by Crippen LogP contribution is -2.29. The molecule has 0 radical (unpaired) electrons. The van der Waals surface area contributed by atoms with Crippen LogP contribution in [0.3, 0.4) is 0 Å². The van der Waals surface area contributed by atoms with E-state index in [1.54, 1.807) is 0 Å². The van der Waals surface area contributed by atoms with Crippen molar-refractivity contribution < 1.29 is 0 Å². The Balaban J connectivity index is 2.08. The number of nitrogen functional groups attached to an aromatic ring is 1. The van der Waals surface area contributed by atoms with Gasteiger partial charge in [0.1, 0.15) is 5.82 Å². The molecule has 1 fully saturated rings. The van der Waals surface area contributed by atoms with Gasteiger partial charge in [-0.2, -0.15) is 0 Å². The maximum absolute atomic E-state index is 5.67. The highest BCUT2D eigenvalue weighted by atomic mass is 15.1. The molecule has 1 aromatic heterocycles. The van der Waals surface area contributed by atoms with Gasteiger partial charge in [0.2, 0.25) is 0 Å². The summed E-state index contributed by atoms with van der Waals surface area (Å²) in [6.07, 6.45) is 2.40. The van der Waals surface area contributed by atoms with Crippen molar-refractivity contribution in [3.63, 3.8) is 0 Å². The summed E-state index contributed by atoms with van der Waals surface area (Å²) in [6, 6.07) is 5.93. The largest absolute Gasteiger partial charge is 0.384 e. The molecule has 1 saturated heterocycles. The number of anilines is 1. The van der Waals surface area contributed by atoms with Crippen LogP contribution in [0.25, 0.3) is 0 Å². The topological polar surface area (TPSA) is 42.1 Å². The summed E-state index contributed by atoms with van der Waals surface area (Å²) >= 11 is 0. The summed E-state index contributed by atoms with van der Waals surface area (Å²) < 4.78 is 0. The highest BCUT2D eigenvalue weighted by Gasteiger charge is 2.19. The number of hydrogen-bond acceptors (Lipinski definition) is 3. The Labute approximate surface area is 84.9 Å². The number of hydrogen-bond donors (Lipinski definition) is 1. The molecule has 0 atom stereocenters. The second-order valence-electron chi connectivity index (χ2n) is 4.06. The molecule has 2 N–H and O–H groups in total. The Kier molecular flexibility index (Phi) is 2.68. The van der Waals surface area contributed by atoms with Gasteiger partial charge >= 0.3 is 0 Å². The van der Waals surface area contributed by atoms with E-state index in [0.717, 1.165) is 5.69 Å². The average Bonchev–Trinajstić information content (AvgIpc) is 2.19. The highest BCUT2D eigenvalue weighted by Crippen LogP contribution is 2.26. The van der Waals surface area contributed by atoms with E-state index in [-0.39, 0.29) is 0 Å². The fourth-order valence-electron chi connectivity index (χ4n) is 2.00. The number of nitrogens with zero attached hydrogens (tertiary/aromatic N) is 2. The van der Waals surface area contributed by atoms with E-state index < -0.39 is 0 Å². The molecule has 0 spiro atoms. The van der Waals surface area contributed by atoms with E-state index in [9.17, 15) is 0 Å². The lowest BCUT2D eigenvalue weighted by atomic mass is 9.93. The third-order valence-electron chi connectivity index (χ3n) is 2.93. The highest BCUT2D eigenvalue weighted by molar-refractivity contribution is 5.30. The van der Waals surface area contributed by atoms with E-state index in [1.807, 2.05) is 12.1 Å². The van der Waals surface area contributed by atoms with Gasteiger partial charge < -0.3 is 10.6 Å². The molecule has 1 aliphatic rings. The normalized spacial score (nSPS) is 19.8. The van der Waals surface area contributed by atoms with Crippen LogP contribution in [0.1, 0.15) is 24.5 Å². The fourth-order valence-corrected chi connectivity index (χ4v) is 2.00. The Bertz CT molecular complexity index is 303. The molecular formula is C11H17N3. The van der Waals surface area contributed by atoms with Crippen molar-refractivity contribution >= 4 is 5.82 Å². The SMILES string of the molecule is CN1CCC(c2cccc(N)n2)CC1. The van der Waals surface area contributed by atoms with Crippen molar-refractivity contribution in [1.29, 1.82) is 0 Å². The van der Waals surface area contributed by atoms with Crippen LogP contribution in [0.15, 0.2) is 18.2 Å². The van der Waals surface area contributed by atoms with E-state index in [2.05, 4.69) is 23.0 Å². The van der Waals surface area contributed by atoms with E-state index in [1.165, 1.54) is 25.9 Å². The van der Waals surface area contributed by atoms with Gasteiger partial charge in [0.25, 0.3) is 0 Å². The predicted molar refractivity (Wildman–Crippen MR) is 58.1 cm³/mol. The minimum Gasteiger partial charge on any atom is -0.384 e. The second-order valence-corrected chi connectivity index (χ2v) is 4.06. The van der Waals surface area contributed by atoms with Crippen molar-refractivity contribution in [1.82, 2.24) is 9.88 Å². The summed E-state index contributed by atoms with van der Waals surface area (Å²) in [7, 11) is 2.17. The molecule has 3 heteroatoms. The predicted octanol–water partition coefficient (Wildman–Crippen LogP) is 1.47. The van der Waals surface area contributed by atoms with Crippen LogP contribution in [0.5, 0.6) is 0 Å². The van der Waals surface area contributed by atoms with Gasteiger partial charge in [-0.15, -0.1) is 0 Å². The molecule has 3 nitrogen and oxygen atoms in total. The monoisotopic (exact) mass is 191 g/mol. The first-order chi connectivity index (χ1) is 6.75. The summed E-state index contributed by atoms with van der Waals surface area (Å²) in [6.45, 7) is 2.34. The van der Waals surface area contributed by atoms with Crippen LogP contribution < -0.4 is 5.73 Å². The van der Waals surface area contributed by atoms with Gasteiger partial charge in [0, 0.05) is 11.6 Å². The molecule has 0 aliphatic carbocycles. The van der Waals surface area contributed by atoms with Crippen LogP contribution in [-0.4, -0.2) is 30.0 Å². The third-order valence-corrected chi connectivity index (χ3v) is 2.93. The van der Waals surface area contributed by atoms with Gasteiger partial charge in [0.05, 0.1) is 0 Å². The molecule has 0 unspecified atom stereocenters. The fraction of sp³-hybridized carbons (Fsp3) is 0.545. The van der Waals surface area contributed by atoms with Gasteiger partial charge in [-0.05, 0) is 45.1 Å². The number of nitrogens with two attached hydrogens (primary N) is 1. The minimum atomic E-state index is 0.606. The number of pyridine rings is 1. The van der Waals surface area contributed by atoms with Crippen molar-refractivity contribution in [2.45, 2.75) is 18.8 Å². The number of likely N-dealkylation sites (tertiary alicyclic amines) is 1. The van der Waals surface area contributed by atoms with Gasteiger partial charge in [0.15, 0.2) is 0 Å². The zero-order valence-corrected chi connectivity index (χ0v) is 8.61. The zero-order chi connectivity index (χ0) is 9.97. The molecule has 0 saturated carbocycles. The van der Waals surface area contributed by atoms with E-state index >= 15 is 0 Å². The first-order valence-electron chi connectivity index (χ1n) is 5.16. The van der Waals surface area contributed by atoms with E-state index in [4.69, 9.17) is 5.73 Å². The second kappa shape index (κ2) is 3.96. The Morgan fingerprint density at radius 2 is 2.07 bits per heavy atom. The maximum atomic E-state index is 5.67. The lowest BCUT2D eigenvalue weighted by Gasteiger charge is -2.28. The first kappa shape index (κ1) is 9.46. The van der Waals surface area contributed by atoms with Crippen LogP contribution in [0.2, 0.25) is 0 Å². The summed E-state index contributed by atoms with van der Waals surface area (Å²) in [5.41, 5.74) is 6.84. The van der Waals surface area contributed by atoms with Crippen molar-refractivity contribution in [3.05, 3.63) is 23.9 Å². The van der Waals surface area contributed by atoms with Crippen LogP contribution in [0, 0.1) is 0 Å². The molecule has 1 aromatic rings. The van der Waals surface area contributed by atoms with Crippen LogP contribution in [-0.2, 0) is 0 Å². The summed E-state index contributed by atoms with van der Waals surface area (Å²) in [5, 5.41) is 0. The van der Waals surface area contributed by atoms with Crippen molar-refractivity contribution in [3.8, 4) is 0 Å². The zero-order valence-electron chi connectivity index (χ0n) is 8.61. The minimum absolute atomic E-state index is 0.606. The Morgan fingerprint density at radius 3 is 2.71 bits per heavy atom. The van der Waals surface area contributed by atoms with E-state index in [0.29, 0.717) is 11.7 Å². The molecule has 76 valence electrons. The number of aromatic nitrogens is 1. The first-order valence-corrected chi connectivity index (χ1v) is 5.16. The Hall–Kier alpha value is -1.09. The molecule has 0 aromatic carbocycles. The Morgan fingerprint density at radius 1 is 1.36 bits per heavy atom. The van der Waals surface area contributed by atoms with Crippen LogP contribution >= 0.6 is 0 Å². The third kappa shape index (κ3) is 2.04. The summed E-state index contributed by atoms with van der Waals surface area (Å²) in [5.74, 6) is 1.25. The van der Waals surface area contributed by atoms with Crippen molar-refractivity contribution in [2.75, 3.05) is 25.9 Å². The number of rotatable bonds is 1. The summed E-state index contributed by atoms with van der Waals surface area (Å²) in [4.78, 5) is 6.75. The molecular weight excluding hydrogens is 174 g/mol. The molecule has 1 aliphatic heterocycles. The van der Waals surface area contributed by atoms with Gasteiger partial charge in [-0.1, -0.05) is 6.07 Å². The van der Waals surface area contributed by atoms with Gasteiger partial charge in [-0.3, -0.25) is 0 Å². The number of piperidine rings is 1. The smallest absolute Gasteiger partial charge is 0.123 e. The van der Waals surface area contributed by atoms with Gasteiger partial charge in [-0.25, -0.2) is 4.98 Å². The molecule has 2 rings (SSSR count).